The molecule has 2 nitrogen and oxygen atoms in total. The molecule has 2 N–H and O–H groups in total. The van der Waals surface area contributed by atoms with Crippen LogP contribution in [0.3, 0.4) is 0 Å². The molecule has 0 aromatic carbocycles. The molecule has 2 heteroatoms. The molecule has 1 saturated heterocycles. The van der Waals surface area contributed by atoms with Crippen LogP contribution in [0.2, 0.25) is 0 Å². The summed E-state index contributed by atoms with van der Waals surface area (Å²) in [6.45, 7) is 7.84. The maximum Gasteiger partial charge on any atom is 0.0685 e. The molecule has 1 saturated carbocycles. The molecule has 0 amide bonds. The van der Waals surface area contributed by atoms with Gasteiger partial charge < -0.3 is 10.5 Å². The smallest absolute Gasteiger partial charge is 0.0685 e. The lowest BCUT2D eigenvalue weighted by Gasteiger charge is -2.46. The van der Waals surface area contributed by atoms with Gasteiger partial charge in [-0.05, 0) is 43.4 Å². The van der Waals surface area contributed by atoms with Crippen LogP contribution in [0.5, 0.6) is 0 Å². The number of rotatable bonds is 3. The summed E-state index contributed by atoms with van der Waals surface area (Å²) in [7, 11) is 0. The van der Waals surface area contributed by atoms with Gasteiger partial charge in [0.2, 0.25) is 0 Å². The van der Waals surface area contributed by atoms with E-state index in [1.165, 1.54) is 44.9 Å². The molecule has 2 aliphatic rings. The van der Waals surface area contributed by atoms with Crippen molar-refractivity contribution in [1.82, 2.24) is 0 Å². The molecule has 1 aliphatic carbocycles. The molecule has 0 aromatic heterocycles. The summed E-state index contributed by atoms with van der Waals surface area (Å²) in [5.41, 5.74) is 6.73. The largest absolute Gasteiger partial charge is 0.375 e. The Kier molecular flexibility index (Phi) is 4.71. The summed E-state index contributed by atoms with van der Waals surface area (Å²) < 4.78 is 6.17. The Morgan fingerprint density at radius 3 is 2.39 bits per heavy atom. The topological polar surface area (TPSA) is 35.2 Å². The second-order valence-electron chi connectivity index (χ2n) is 7.03. The molecule has 106 valence electrons. The van der Waals surface area contributed by atoms with Gasteiger partial charge in [-0.15, -0.1) is 0 Å². The van der Waals surface area contributed by atoms with Gasteiger partial charge in [-0.1, -0.05) is 40.0 Å². The normalized spacial score (nSPS) is 31.5. The zero-order valence-corrected chi connectivity index (χ0v) is 12.5. The quantitative estimate of drug-likeness (QED) is 0.831. The molecule has 18 heavy (non-hydrogen) atoms. The van der Waals surface area contributed by atoms with E-state index in [9.17, 15) is 0 Å². The van der Waals surface area contributed by atoms with Crippen molar-refractivity contribution >= 4 is 0 Å². The number of hydrogen-bond acceptors (Lipinski definition) is 2. The molecule has 0 radical (unpaired) electrons. The third kappa shape index (κ3) is 3.08. The van der Waals surface area contributed by atoms with Crippen LogP contribution in [0.4, 0.5) is 0 Å². The van der Waals surface area contributed by atoms with Gasteiger partial charge in [0.25, 0.3) is 0 Å². The van der Waals surface area contributed by atoms with Crippen LogP contribution in [0.1, 0.15) is 65.7 Å². The highest BCUT2D eigenvalue weighted by atomic mass is 16.5. The highest BCUT2D eigenvalue weighted by molar-refractivity contribution is 4.93. The summed E-state index contributed by atoms with van der Waals surface area (Å²) in [4.78, 5) is 0. The first kappa shape index (κ1) is 14.3. The third-order valence-electron chi connectivity index (χ3n) is 5.50. The van der Waals surface area contributed by atoms with Gasteiger partial charge in [0.15, 0.2) is 0 Å². The van der Waals surface area contributed by atoms with Crippen LogP contribution in [0.25, 0.3) is 0 Å². The Morgan fingerprint density at radius 2 is 1.78 bits per heavy atom. The lowest BCUT2D eigenvalue weighted by Crippen LogP contribution is -2.48. The Balaban J connectivity index is 1.97. The molecule has 1 heterocycles. The molecule has 1 aliphatic heterocycles. The summed E-state index contributed by atoms with van der Waals surface area (Å²) >= 11 is 0. The van der Waals surface area contributed by atoms with Crippen molar-refractivity contribution in [3.8, 4) is 0 Å². The van der Waals surface area contributed by atoms with E-state index in [0.29, 0.717) is 23.8 Å². The molecule has 3 unspecified atom stereocenters. The predicted octanol–water partition coefficient (Wildman–Crippen LogP) is 3.74. The zero-order valence-electron chi connectivity index (χ0n) is 12.5. The lowest BCUT2D eigenvalue weighted by atomic mass is 9.71. The minimum absolute atomic E-state index is 0.204. The van der Waals surface area contributed by atoms with E-state index in [1.807, 2.05) is 0 Å². The molecule has 0 aromatic rings. The van der Waals surface area contributed by atoms with Crippen LogP contribution in [-0.2, 0) is 4.74 Å². The van der Waals surface area contributed by atoms with E-state index in [1.54, 1.807) is 0 Å². The fraction of sp³-hybridized carbons (Fsp3) is 1.00. The average molecular weight is 253 g/mol. The average Bonchev–Trinajstić information content (AvgIpc) is 2.38. The summed E-state index contributed by atoms with van der Waals surface area (Å²) in [6, 6.07) is 0.354. The Bertz CT molecular complexity index is 252. The van der Waals surface area contributed by atoms with Gasteiger partial charge >= 0.3 is 0 Å². The Hall–Kier alpha value is -0.0800. The first-order chi connectivity index (χ1) is 8.54. The Labute approximate surface area is 113 Å². The zero-order chi connectivity index (χ0) is 13.2. The lowest BCUT2D eigenvalue weighted by molar-refractivity contribution is -0.122. The van der Waals surface area contributed by atoms with Crippen molar-refractivity contribution < 1.29 is 4.74 Å². The molecule has 1 spiro atoms. The highest BCUT2D eigenvalue weighted by Gasteiger charge is 2.41. The SMILES string of the molecule is CC(C)C(C)C(N)C1CCOC2(CCCCC2)C1. The first-order valence-corrected chi connectivity index (χ1v) is 7.94. The monoisotopic (exact) mass is 253 g/mol. The van der Waals surface area contributed by atoms with Crippen molar-refractivity contribution in [2.75, 3.05) is 6.61 Å². The molecular formula is C16H31NO. The van der Waals surface area contributed by atoms with Gasteiger partial charge in [-0.3, -0.25) is 0 Å². The maximum atomic E-state index is 6.53. The summed E-state index contributed by atoms with van der Waals surface area (Å²) in [6.07, 6.45) is 9.01. The van der Waals surface area contributed by atoms with Crippen LogP contribution >= 0.6 is 0 Å². The van der Waals surface area contributed by atoms with Gasteiger partial charge in [0.1, 0.15) is 0 Å². The van der Waals surface area contributed by atoms with E-state index in [4.69, 9.17) is 10.5 Å². The van der Waals surface area contributed by atoms with Crippen molar-refractivity contribution in [3.05, 3.63) is 0 Å². The van der Waals surface area contributed by atoms with E-state index in [-0.39, 0.29) is 5.60 Å². The number of nitrogens with two attached hydrogens (primary N) is 1. The van der Waals surface area contributed by atoms with Crippen molar-refractivity contribution in [1.29, 1.82) is 0 Å². The van der Waals surface area contributed by atoms with Gasteiger partial charge in [-0.2, -0.15) is 0 Å². The van der Waals surface area contributed by atoms with E-state index >= 15 is 0 Å². The molecule has 2 rings (SSSR count). The van der Waals surface area contributed by atoms with E-state index in [2.05, 4.69) is 20.8 Å². The predicted molar refractivity (Wildman–Crippen MR) is 76.5 cm³/mol. The minimum Gasteiger partial charge on any atom is -0.375 e. The summed E-state index contributed by atoms with van der Waals surface area (Å²) in [5.74, 6) is 1.98. The second-order valence-corrected chi connectivity index (χ2v) is 7.03. The van der Waals surface area contributed by atoms with E-state index in [0.717, 1.165) is 6.61 Å². The van der Waals surface area contributed by atoms with Gasteiger partial charge in [0, 0.05) is 12.6 Å². The fourth-order valence-electron chi connectivity index (χ4n) is 3.81. The Morgan fingerprint density at radius 1 is 1.11 bits per heavy atom. The van der Waals surface area contributed by atoms with E-state index < -0.39 is 0 Å². The highest BCUT2D eigenvalue weighted by Crippen LogP contribution is 2.42. The number of ether oxygens (including phenoxy) is 1. The van der Waals surface area contributed by atoms with Gasteiger partial charge in [-0.25, -0.2) is 0 Å². The molecule has 2 fully saturated rings. The van der Waals surface area contributed by atoms with Crippen LogP contribution in [0, 0.1) is 17.8 Å². The first-order valence-electron chi connectivity index (χ1n) is 7.94. The van der Waals surface area contributed by atoms with Crippen LogP contribution in [-0.4, -0.2) is 18.2 Å². The van der Waals surface area contributed by atoms with Crippen molar-refractivity contribution in [2.45, 2.75) is 77.4 Å². The third-order valence-corrected chi connectivity index (χ3v) is 5.50. The molecular weight excluding hydrogens is 222 g/mol. The van der Waals surface area contributed by atoms with Crippen molar-refractivity contribution in [3.63, 3.8) is 0 Å². The second kappa shape index (κ2) is 5.92. The summed E-state index contributed by atoms with van der Waals surface area (Å²) in [5, 5.41) is 0. The standard InChI is InChI=1S/C16H31NO/c1-12(2)13(3)15(17)14-7-10-18-16(11-14)8-5-4-6-9-16/h12-15H,4-11,17H2,1-3H3. The maximum absolute atomic E-state index is 6.53. The molecule has 0 bridgehead atoms. The van der Waals surface area contributed by atoms with Crippen molar-refractivity contribution in [2.24, 2.45) is 23.5 Å². The van der Waals surface area contributed by atoms with Gasteiger partial charge in [0.05, 0.1) is 5.60 Å². The van der Waals surface area contributed by atoms with Crippen LogP contribution < -0.4 is 5.73 Å². The fourth-order valence-corrected chi connectivity index (χ4v) is 3.81. The minimum atomic E-state index is 0.204. The number of hydrogen-bond donors (Lipinski definition) is 1. The molecule has 3 atom stereocenters. The van der Waals surface area contributed by atoms with Crippen LogP contribution in [0.15, 0.2) is 0 Å².